The Morgan fingerprint density at radius 2 is 0.966 bits per heavy atom. The molecule has 0 spiro atoms. The van der Waals surface area contributed by atoms with E-state index < -0.39 is 5.97 Å². The molecule has 0 rings (SSSR count). The van der Waals surface area contributed by atoms with Crippen LogP contribution in [-0.4, -0.2) is 30.0 Å². The summed E-state index contributed by atoms with van der Waals surface area (Å²) in [7, 11) is 0. The Morgan fingerprint density at radius 1 is 0.621 bits per heavy atom. The molecule has 0 bridgehead atoms. The molecular formula is C25H50KNO2. The maximum atomic E-state index is 11.6. The first-order chi connectivity index (χ1) is 13.7. The number of nitrogens with zero attached hydrogens (tertiary/aromatic N) is 1. The van der Waals surface area contributed by atoms with E-state index in [2.05, 4.69) is 25.7 Å². The summed E-state index contributed by atoms with van der Waals surface area (Å²) in [5.41, 5.74) is 0. The van der Waals surface area contributed by atoms with Crippen molar-refractivity contribution in [2.75, 3.05) is 13.1 Å². The first kappa shape index (κ1) is 32.2. The molecule has 0 N–H and O–H groups in total. The Labute approximate surface area is 225 Å². The number of hydrogen-bond acceptors (Lipinski definition) is 3. The number of carbonyl (C=O) groups excluding carboxylic acids is 1. The second-order valence-corrected chi connectivity index (χ2v) is 8.61. The zero-order valence-electron chi connectivity index (χ0n) is 20.5. The van der Waals surface area contributed by atoms with E-state index in [4.69, 9.17) is 0 Å². The molecule has 3 nitrogen and oxygen atoms in total. The van der Waals surface area contributed by atoms with Gasteiger partial charge in [-0.1, -0.05) is 117 Å². The number of aliphatic carboxylic acids is 1. The van der Waals surface area contributed by atoms with Crippen molar-refractivity contribution in [1.82, 2.24) is 4.90 Å². The van der Waals surface area contributed by atoms with E-state index in [0.29, 0.717) is 0 Å². The Balaban J connectivity index is 0. The number of hydrogen-bond donors (Lipinski definition) is 0. The van der Waals surface area contributed by atoms with Crippen molar-refractivity contribution in [2.24, 2.45) is 0 Å². The molecule has 0 fully saturated rings. The fraction of sp³-hybridized carbons (Fsp3) is 0.960. The van der Waals surface area contributed by atoms with Crippen molar-refractivity contribution in [1.29, 1.82) is 0 Å². The van der Waals surface area contributed by atoms with Gasteiger partial charge >= 0.3 is 51.4 Å². The van der Waals surface area contributed by atoms with Crippen molar-refractivity contribution in [3.63, 3.8) is 0 Å². The zero-order chi connectivity index (χ0) is 20.9. The summed E-state index contributed by atoms with van der Waals surface area (Å²) in [5, 5.41) is 11.6. The van der Waals surface area contributed by atoms with Gasteiger partial charge in [0, 0.05) is 6.04 Å². The largest absolute Gasteiger partial charge is 1.00 e. The Hall–Kier alpha value is 1.07. The molecule has 168 valence electrons. The molecule has 0 aromatic carbocycles. The van der Waals surface area contributed by atoms with Gasteiger partial charge in [-0.2, -0.15) is 0 Å². The zero-order valence-corrected chi connectivity index (χ0v) is 23.6. The molecule has 0 amide bonds. The van der Waals surface area contributed by atoms with Crippen LogP contribution in [0.4, 0.5) is 0 Å². The topological polar surface area (TPSA) is 43.4 Å². The second-order valence-electron chi connectivity index (χ2n) is 8.61. The maximum absolute atomic E-state index is 11.6. The molecule has 0 heterocycles. The predicted molar refractivity (Wildman–Crippen MR) is 120 cm³/mol. The average Bonchev–Trinajstić information content (AvgIpc) is 2.68. The molecule has 29 heavy (non-hydrogen) atoms. The van der Waals surface area contributed by atoms with Crippen LogP contribution >= 0.6 is 0 Å². The quantitative estimate of drug-likeness (QED) is 0.193. The van der Waals surface area contributed by atoms with Gasteiger partial charge in [-0.05, 0) is 32.4 Å². The first-order valence-corrected chi connectivity index (χ1v) is 12.6. The number of carboxylic acids is 1. The Kier molecular flexibility index (Phi) is 28.2. The predicted octanol–water partition coefficient (Wildman–Crippen LogP) is 3.49. The molecule has 0 radical (unpaired) electrons. The van der Waals surface area contributed by atoms with Gasteiger partial charge in [0.05, 0.1) is 5.97 Å². The fourth-order valence-corrected chi connectivity index (χ4v) is 4.04. The third kappa shape index (κ3) is 20.7. The molecular weight excluding hydrogens is 385 g/mol. The smallest absolute Gasteiger partial charge is 0.548 e. The van der Waals surface area contributed by atoms with E-state index in [1.807, 2.05) is 0 Å². The van der Waals surface area contributed by atoms with Crippen LogP contribution in [0.1, 0.15) is 136 Å². The minimum atomic E-state index is -0.874. The maximum Gasteiger partial charge on any atom is 1.00 e. The van der Waals surface area contributed by atoms with Gasteiger partial charge in [0.25, 0.3) is 0 Å². The minimum absolute atomic E-state index is 0. The van der Waals surface area contributed by atoms with Gasteiger partial charge in [0.1, 0.15) is 0 Å². The Morgan fingerprint density at radius 3 is 1.28 bits per heavy atom. The van der Waals surface area contributed by atoms with Gasteiger partial charge in [-0.15, -0.1) is 0 Å². The van der Waals surface area contributed by atoms with E-state index in [1.165, 1.54) is 89.9 Å². The monoisotopic (exact) mass is 435 g/mol. The van der Waals surface area contributed by atoms with E-state index in [0.717, 1.165) is 38.8 Å². The average molecular weight is 436 g/mol. The summed E-state index contributed by atoms with van der Waals surface area (Å²) >= 11 is 0. The van der Waals surface area contributed by atoms with Crippen LogP contribution in [0.25, 0.3) is 0 Å². The van der Waals surface area contributed by atoms with Gasteiger partial charge in [0.15, 0.2) is 0 Å². The Bertz CT molecular complexity index is 319. The van der Waals surface area contributed by atoms with E-state index >= 15 is 0 Å². The van der Waals surface area contributed by atoms with Crippen molar-refractivity contribution in [3.05, 3.63) is 0 Å². The number of rotatable bonds is 22. The van der Waals surface area contributed by atoms with Gasteiger partial charge < -0.3 is 9.90 Å². The molecule has 0 saturated carbocycles. The summed E-state index contributed by atoms with van der Waals surface area (Å²) < 4.78 is 0. The van der Waals surface area contributed by atoms with Crippen LogP contribution in [0.5, 0.6) is 0 Å². The van der Waals surface area contributed by atoms with Crippen molar-refractivity contribution >= 4 is 5.97 Å². The third-order valence-electron chi connectivity index (χ3n) is 5.87. The van der Waals surface area contributed by atoms with Crippen molar-refractivity contribution in [3.8, 4) is 0 Å². The fourth-order valence-electron chi connectivity index (χ4n) is 4.04. The van der Waals surface area contributed by atoms with E-state index in [9.17, 15) is 9.90 Å². The van der Waals surface area contributed by atoms with Crippen LogP contribution in [0.2, 0.25) is 0 Å². The molecule has 0 saturated heterocycles. The van der Waals surface area contributed by atoms with E-state index in [1.54, 1.807) is 0 Å². The van der Waals surface area contributed by atoms with Crippen LogP contribution in [0.15, 0.2) is 0 Å². The summed E-state index contributed by atoms with van der Waals surface area (Å²) in [5.74, 6) is -0.874. The molecule has 1 atom stereocenters. The number of carbonyl (C=O) groups is 1. The van der Waals surface area contributed by atoms with Crippen LogP contribution in [0, 0.1) is 0 Å². The summed E-state index contributed by atoms with van der Waals surface area (Å²) in [6.45, 7) is 8.42. The van der Waals surface area contributed by atoms with Gasteiger partial charge in [-0.3, -0.25) is 4.90 Å². The second kappa shape index (κ2) is 25.3. The summed E-state index contributed by atoms with van der Waals surface area (Å²) in [6.07, 6.45) is 22.3. The third-order valence-corrected chi connectivity index (χ3v) is 5.87. The minimum Gasteiger partial charge on any atom is -0.548 e. The number of unbranched alkanes of at least 4 members (excludes halogenated alkanes) is 14. The first-order valence-electron chi connectivity index (χ1n) is 12.6. The SMILES string of the molecule is CCCCCCCCCCN(CCCCCCCCCC)C(CCC)C(=O)[O-].[K+]. The molecule has 0 aliphatic heterocycles. The van der Waals surface area contributed by atoms with Crippen molar-refractivity contribution < 1.29 is 61.3 Å². The normalized spacial score (nSPS) is 12.1. The van der Waals surface area contributed by atoms with Crippen LogP contribution in [0.3, 0.4) is 0 Å². The van der Waals surface area contributed by atoms with Gasteiger partial charge in [0.2, 0.25) is 0 Å². The molecule has 1 unspecified atom stereocenters. The molecule has 0 aromatic rings. The van der Waals surface area contributed by atoms with Crippen LogP contribution in [-0.2, 0) is 4.79 Å². The van der Waals surface area contributed by atoms with Crippen LogP contribution < -0.4 is 56.5 Å². The van der Waals surface area contributed by atoms with E-state index in [-0.39, 0.29) is 57.4 Å². The molecule has 0 aliphatic carbocycles. The number of carboxylic acid groups (broad SMARTS) is 1. The molecule has 4 heteroatoms. The van der Waals surface area contributed by atoms with Gasteiger partial charge in [-0.25, -0.2) is 0 Å². The standard InChI is InChI=1S/C25H51NO2.K/c1-4-7-9-11-13-15-17-19-22-26(24(21-6-3)25(27)28)23-20-18-16-14-12-10-8-5-2;/h24H,4-23H2,1-3H3,(H,27,28);/q;+1/p-1. The summed E-state index contributed by atoms with van der Waals surface area (Å²) in [6, 6.07) is -0.390. The molecule has 0 aromatic heterocycles. The summed E-state index contributed by atoms with van der Waals surface area (Å²) in [4.78, 5) is 13.9. The molecule has 0 aliphatic rings. The van der Waals surface area contributed by atoms with Crippen molar-refractivity contribution in [2.45, 2.75) is 142 Å².